The molecule has 0 aliphatic rings. The van der Waals surface area contributed by atoms with Gasteiger partial charge in [-0.1, -0.05) is 41.6 Å². The van der Waals surface area contributed by atoms with Crippen molar-refractivity contribution in [3.8, 4) is 11.3 Å². The molecule has 1 unspecified atom stereocenters. The first-order valence-corrected chi connectivity index (χ1v) is 8.92. The van der Waals surface area contributed by atoms with E-state index in [1.807, 2.05) is 30.3 Å². The number of amides is 1. The molecule has 2 aromatic carbocycles. The summed E-state index contributed by atoms with van der Waals surface area (Å²) in [4.78, 5) is 12.8. The number of benzene rings is 2. The average molecular weight is 340 g/mol. The Hall–Kier alpha value is -2.73. The highest BCUT2D eigenvalue weighted by molar-refractivity contribution is 7.84. The van der Waals surface area contributed by atoms with E-state index in [0.717, 1.165) is 5.56 Å². The zero-order valence-electron chi connectivity index (χ0n) is 13.1. The maximum Gasteiger partial charge on any atom is 0.230 e. The molecule has 0 saturated carbocycles. The van der Waals surface area contributed by atoms with Gasteiger partial charge in [-0.3, -0.25) is 9.00 Å². The van der Waals surface area contributed by atoms with Gasteiger partial charge in [0.25, 0.3) is 0 Å². The van der Waals surface area contributed by atoms with Crippen LogP contribution in [0.5, 0.6) is 0 Å². The molecule has 1 heterocycles. The number of carbonyl (C=O) groups is 1. The van der Waals surface area contributed by atoms with E-state index in [1.54, 1.807) is 36.6 Å². The van der Waals surface area contributed by atoms with Crippen molar-refractivity contribution in [2.75, 3.05) is 11.6 Å². The van der Waals surface area contributed by atoms with Crippen LogP contribution in [0.15, 0.2) is 70.1 Å². The lowest BCUT2D eigenvalue weighted by Crippen LogP contribution is -2.14. The Labute approximate surface area is 142 Å². The second-order valence-electron chi connectivity index (χ2n) is 5.26. The highest BCUT2D eigenvalue weighted by Crippen LogP contribution is 2.20. The van der Waals surface area contributed by atoms with Crippen LogP contribution >= 0.6 is 0 Å². The summed E-state index contributed by atoms with van der Waals surface area (Å²) in [6.07, 6.45) is 1.71. The Balaban J connectivity index is 1.66. The van der Waals surface area contributed by atoms with E-state index in [1.165, 1.54) is 0 Å². The molecule has 0 spiro atoms. The number of nitrogens with zero attached hydrogens (tertiary/aromatic N) is 1. The Kier molecular flexibility index (Phi) is 4.86. The molecule has 122 valence electrons. The monoisotopic (exact) mass is 340 g/mol. The second kappa shape index (κ2) is 7.23. The molecule has 0 aliphatic heterocycles. The summed E-state index contributed by atoms with van der Waals surface area (Å²) >= 11 is 0. The van der Waals surface area contributed by atoms with E-state index in [4.69, 9.17) is 4.52 Å². The normalized spacial score (nSPS) is 11.9. The quantitative estimate of drug-likeness (QED) is 0.774. The van der Waals surface area contributed by atoms with Gasteiger partial charge in [0.05, 0.1) is 12.1 Å². The average Bonchev–Trinajstić information content (AvgIpc) is 3.04. The van der Waals surface area contributed by atoms with Gasteiger partial charge in [0.15, 0.2) is 5.76 Å². The fourth-order valence-electron chi connectivity index (χ4n) is 2.26. The lowest BCUT2D eigenvalue weighted by Gasteiger charge is -2.05. The smallest absolute Gasteiger partial charge is 0.230 e. The van der Waals surface area contributed by atoms with E-state index < -0.39 is 10.8 Å². The third-order valence-electron chi connectivity index (χ3n) is 3.41. The number of hydrogen-bond acceptors (Lipinski definition) is 4. The molecule has 1 aromatic heterocycles. The van der Waals surface area contributed by atoms with Gasteiger partial charge in [-0.25, -0.2) is 0 Å². The minimum Gasteiger partial charge on any atom is -0.356 e. The van der Waals surface area contributed by atoms with Crippen LogP contribution in [0.4, 0.5) is 5.69 Å². The molecule has 1 N–H and O–H groups in total. The number of anilines is 1. The summed E-state index contributed by atoms with van der Waals surface area (Å²) in [5.74, 6) is 0.420. The van der Waals surface area contributed by atoms with Gasteiger partial charge in [-0.05, 0) is 18.2 Å². The fourth-order valence-corrected chi connectivity index (χ4v) is 2.82. The third kappa shape index (κ3) is 3.97. The molecule has 5 nitrogen and oxygen atoms in total. The number of nitrogens with one attached hydrogen (secondary N) is 1. The molecule has 0 fully saturated rings. The molecule has 3 rings (SSSR count). The molecule has 6 heteroatoms. The van der Waals surface area contributed by atoms with Crippen LogP contribution in [0, 0.1) is 0 Å². The Morgan fingerprint density at radius 3 is 2.67 bits per heavy atom. The van der Waals surface area contributed by atoms with Crippen molar-refractivity contribution in [2.45, 2.75) is 11.3 Å². The maximum atomic E-state index is 12.1. The number of aromatic nitrogens is 1. The van der Waals surface area contributed by atoms with Crippen LogP contribution in [0.3, 0.4) is 0 Å². The lowest BCUT2D eigenvalue weighted by molar-refractivity contribution is -0.115. The molecule has 24 heavy (non-hydrogen) atoms. The Morgan fingerprint density at radius 2 is 1.92 bits per heavy atom. The summed E-state index contributed by atoms with van der Waals surface area (Å²) in [6.45, 7) is 0. The first-order valence-electron chi connectivity index (χ1n) is 7.36. The first-order chi connectivity index (χ1) is 11.6. The second-order valence-corrected chi connectivity index (χ2v) is 6.64. The van der Waals surface area contributed by atoms with E-state index in [0.29, 0.717) is 22.0 Å². The minimum absolute atomic E-state index is 0.107. The molecule has 3 aromatic rings. The van der Waals surface area contributed by atoms with E-state index >= 15 is 0 Å². The van der Waals surface area contributed by atoms with Crippen LogP contribution in [-0.2, 0) is 22.0 Å². The van der Waals surface area contributed by atoms with Crippen molar-refractivity contribution in [3.05, 3.63) is 66.4 Å². The van der Waals surface area contributed by atoms with Gasteiger partial charge >= 0.3 is 0 Å². The van der Waals surface area contributed by atoms with Crippen molar-refractivity contribution in [1.82, 2.24) is 5.16 Å². The standard InChI is InChI=1S/C18H16N2O3S/c1-24(22)16-9-5-8-14(10-16)19-18(21)12-15-11-17(23-20-15)13-6-3-2-4-7-13/h2-11H,12H2,1H3,(H,19,21). The highest BCUT2D eigenvalue weighted by Gasteiger charge is 2.11. The molecule has 0 radical (unpaired) electrons. The summed E-state index contributed by atoms with van der Waals surface area (Å²) in [6, 6.07) is 18.3. The summed E-state index contributed by atoms with van der Waals surface area (Å²) < 4.78 is 16.8. The van der Waals surface area contributed by atoms with Gasteiger partial charge in [0, 0.05) is 39.3 Å². The van der Waals surface area contributed by atoms with E-state index in [2.05, 4.69) is 10.5 Å². The maximum absolute atomic E-state index is 12.1. The zero-order valence-corrected chi connectivity index (χ0v) is 13.9. The first kappa shape index (κ1) is 16.1. The van der Waals surface area contributed by atoms with Crippen molar-refractivity contribution < 1.29 is 13.5 Å². The molecule has 0 aliphatic carbocycles. The topological polar surface area (TPSA) is 72.2 Å². The number of rotatable bonds is 5. The van der Waals surface area contributed by atoms with Crippen LogP contribution in [0.25, 0.3) is 11.3 Å². The van der Waals surface area contributed by atoms with Crippen LogP contribution in [0.2, 0.25) is 0 Å². The summed E-state index contributed by atoms with van der Waals surface area (Å²) in [5, 5.41) is 6.72. The van der Waals surface area contributed by atoms with Gasteiger partial charge < -0.3 is 9.84 Å². The summed E-state index contributed by atoms with van der Waals surface area (Å²) in [7, 11) is -1.09. The third-order valence-corrected chi connectivity index (χ3v) is 4.33. The number of carbonyl (C=O) groups excluding carboxylic acids is 1. The number of hydrogen-bond donors (Lipinski definition) is 1. The Morgan fingerprint density at radius 1 is 1.12 bits per heavy atom. The largest absolute Gasteiger partial charge is 0.356 e. The fraction of sp³-hybridized carbons (Fsp3) is 0.111. The summed E-state index contributed by atoms with van der Waals surface area (Å²) in [5.41, 5.74) is 2.08. The van der Waals surface area contributed by atoms with Crippen molar-refractivity contribution >= 4 is 22.4 Å². The highest BCUT2D eigenvalue weighted by atomic mass is 32.2. The molecule has 1 amide bonds. The van der Waals surface area contributed by atoms with Crippen molar-refractivity contribution in [1.29, 1.82) is 0 Å². The lowest BCUT2D eigenvalue weighted by atomic mass is 10.1. The predicted molar refractivity (Wildman–Crippen MR) is 93.0 cm³/mol. The predicted octanol–water partition coefficient (Wildman–Crippen LogP) is 3.26. The molecule has 0 bridgehead atoms. The van der Waals surface area contributed by atoms with Crippen LogP contribution < -0.4 is 5.32 Å². The molecule has 0 saturated heterocycles. The van der Waals surface area contributed by atoms with Gasteiger partial charge in [0.2, 0.25) is 5.91 Å². The minimum atomic E-state index is -1.09. The van der Waals surface area contributed by atoms with Crippen LogP contribution in [0.1, 0.15) is 5.69 Å². The van der Waals surface area contributed by atoms with Crippen LogP contribution in [-0.4, -0.2) is 21.5 Å². The molecular weight excluding hydrogens is 324 g/mol. The molecule has 1 atom stereocenters. The van der Waals surface area contributed by atoms with E-state index in [9.17, 15) is 9.00 Å². The van der Waals surface area contributed by atoms with Crippen molar-refractivity contribution in [3.63, 3.8) is 0 Å². The Bertz CT molecular complexity index is 875. The zero-order chi connectivity index (χ0) is 16.9. The van der Waals surface area contributed by atoms with Crippen molar-refractivity contribution in [2.24, 2.45) is 0 Å². The van der Waals surface area contributed by atoms with Gasteiger partial charge in [-0.15, -0.1) is 0 Å². The van der Waals surface area contributed by atoms with Gasteiger partial charge in [-0.2, -0.15) is 0 Å². The SMILES string of the molecule is CS(=O)c1cccc(NC(=O)Cc2cc(-c3ccccc3)on2)c1. The molecular formula is C18H16N2O3S. The van der Waals surface area contributed by atoms with Gasteiger partial charge in [0.1, 0.15) is 0 Å². The van der Waals surface area contributed by atoms with E-state index in [-0.39, 0.29) is 12.3 Å².